The van der Waals surface area contributed by atoms with E-state index in [2.05, 4.69) is 6.07 Å². The Morgan fingerprint density at radius 2 is 1.91 bits per heavy atom. The van der Waals surface area contributed by atoms with Gasteiger partial charge in [0, 0.05) is 11.5 Å². The fourth-order valence-corrected chi connectivity index (χ4v) is 3.28. The lowest BCUT2D eigenvalue weighted by Gasteiger charge is -2.31. The number of fused-ring (bicyclic) bond motifs is 1. The third-order valence-electron chi connectivity index (χ3n) is 4.25. The van der Waals surface area contributed by atoms with E-state index in [4.69, 9.17) is 10.1 Å². The molecule has 1 heterocycles. The number of ether oxygens (including phenoxy) is 1. The highest BCUT2D eigenvalue weighted by Gasteiger charge is 2.39. The largest absolute Gasteiger partial charge is 0.446 e. The summed E-state index contributed by atoms with van der Waals surface area (Å²) < 4.78 is 5.35. The van der Waals surface area contributed by atoms with Crippen molar-refractivity contribution in [1.29, 1.82) is 10.7 Å². The monoisotopic (exact) mass is 304 g/mol. The first-order valence-corrected chi connectivity index (χ1v) is 7.40. The van der Waals surface area contributed by atoms with E-state index in [-0.39, 0.29) is 11.7 Å². The number of ketones is 1. The molecule has 4 heteroatoms. The molecule has 114 valence electrons. The van der Waals surface area contributed by atoms with Crippen LogP contribution in [-0.4, -0.2) is 11.7 Å². The van der Waals surface area contributed by atoms with Crippen molar-refractivity contribution in [3.63, 3.8) is 0 Å². The molecule has 0 aliphatic carbocycles. The molecule has 2 atom stereocenters. The van der Waals surface area contributed by atoms with Crippen LogP contribution in [0.5, 0.6) is 0 Å². The molecular weight excluding hydrogens is 288 g/mol. The number of Topliss-reactive ketones (excluding diaryl/α,β-unsaturated/α-hetero) is 1. The lowest BCUT2D eigenvalue weighted by molar-refractivity contribution is -0.114. The van der Waals surface area contributed by atoms with Gasteiger partial charge in [0.05, 0.1) is 6.07 Å². The number of nitrogens with zero attached hydrogens (tertiary/aromatic N) is 1. The summed E-state index contributed by atoms with van der Waals surface area (Å²) in [6.45, 7) is 3.15. The second-order valence-electron chi connectivity index (χ2n) is 5.65. The topological polar surface area (TPSA) is 73.9 Å². The molecule has 0 amide bonds. The van der Waals surface area contributed by atoms with Crippen LogP contribution in [0.2, 0.25) is 0 Å². The van der Waals surface area contributed by atoms with Gasteiger partial charge in [0.15, 0.2) is 5.78 Å². The summed E-state index contributed by atoms with van der Waals surface area (Å²) in [5.41, 5.74) is 1.36. The summed E-state index contributed by atoms with van der Waals surface area (Å²) in [5.74, 6) is -1.11. The van der Waals surface area contributed by atoms with Gasteiger partial charge in [-0.3, -0.25) is 10.2 Å². The van der Waals surface area contributed by atoms with Crippen molar-refractivity contribution in [3.8, 4) is 6.07 Å². The summed E-state index contributed by atoms with van der Waals surface area (Å²) in [7, 11) is 0. The maximum atomic E-state index is 12.2. The maximum Gasteiger partial charge on any atom is 0.205 e. The second kappa shape index (κ2) is 5.69. The highest BCUT2D eigenvalue weighted by Crippen LogP contribution is 2.41. The van der Waals surface area contributed by atoms with Crippen molar-refractivity contribution in [2.45, 2.75) is 19.8 Å². The fraction of sp³-hybridized carbons (Fsp3) is 0.211. The normalized spacial score (nSPS) is 21.0. The molecule has 1 N–H and O–H groups in total. The zero-order chi connectivity index (χ0) is 16.6. The van der Waals surface area contributed by atoms with E-state index in [1.165, 1.54) is 6.92 Å². The second-order valence-corrected chi connectivity index (χ2v) is 5.65. The highest BCUT2D eigenvalue weighted by molar-refractivity contribution is 6.00. The molecule has 23 heavy (non-hydrogen) atoms. The summed E-state index contributed by atoms with van der Waals surface area (Å²) >= 11 is 0. The van der Waals surface area contributed by atoms with Gasteiger partial charge in [0.1, 0.15) is 11.7 Å². The van der Waals surface area contributed by atoms with Gasteiger partial charge >= 0.3 is 0 Å². The third-order valence-corrected chi connectivity index (χ3v) is 4.25. The zero-order valence-electron chi connectivity index (χ0n) is 13.0. The van der Waals surface area contributed by atoms with Crippen molar-refractivity contribution in [1.82, 2.24) is 0 Å². The van der Waals surface area contributed by atoms with E-state index >= 15 is 0 Å². The zero-order valence-corrected chi connectivity index (χ0v) is 13.0. The van der Waals surface area contributed by atoms with E-state index in [0.717, 1.165) is 16.3 Å². The van der Waals surface area contributed by atoms with Crippen LogP contribution in [0.25, 0.3) is 10.8 Å². The summed E-state index contributed by atoms with van der Waals surface area (Å²) in [5, 5.41) is 19.6. The Hall–Kier alpha value is -2.93. The number of carbonyl (C=O) groups excluding carboxylic acids is 1. The minimum atomic E-state index is -0.802. The first-order valence-electron chi connectivity index (χ1n) is 7.40. The summed E-state index contributed by atoms with van der Waals surface area (Å²) in [4.78, 5) is 12.2. The van der Waals surface area contributed by atoms with Gasteiger partial charge in [-0.25, -0.2) is 0 Å². The molecule has 1 aliphatic rings. The number of nitrogens with one attached hydrogen (secondary N) is 1. The molecule has 0 fully saturated rings. The molecule has 2 aromatic rings. The Morgan fingerprint density at radius 3 is 2.61 bits per heavy atom. The Labute approximate surface area is 134 Å². The number of hydrogen-bond donors (Lipinski definition) is 1. The number of allylic oxidation sites excluding steroid dienone is 2. The maximum absolute atomic E-state index is 12.2. The standard InChI is InChI=1S/C19H16N2O2/c1-11(22)17-12(2)23-19(21)16(10-20)18(17)15-9-5-7-13-6-3-4-8-14(13)15/h3-9,16,18,21H,1-2H3. The van der Waals surface area contributed by atoms with Crippen LogP contribution in [0.1, 0.15) is 25.3 Å². The molecule has 2 unspecified atom stereocenters. The van der Waals surface area contributed by atoms with Gasteiger partial charge in [0.25, 0.3) is 0 Å². The predicted molar refractivity (Wildman–Crippen MR) is 88.0 cm³/mol. The van der Waals surface area contributed by atoms with Gasteiger partial charge in [-0.2, -0.15) is 5.26 Å². The molecule has 3 rings (SSSR count). The quantitative estimate of drug-likeness (QED) is 0.913. The summed E-state index contributed by atoms with van der Waals surface area (Å²) in [6, 6.07) is 15.8. The molecule has 0 bridgehead atoms. The number of benzene rings is 2. The average molecular weight is 304 g/mol. The van der Waals surface area contributed by atoms with Gasteiger partial charge < -0.3 is 4.74 Å². The van der Waals surface area contributed by atoms with Crippen LogP contribution in [0.4, 0.5) is 0 Å². The molecule has 0 saturated heterocycles. The number of hydrogen-bond acceptors (Lipinski definition) is 4. The fourth-order valence-electron chi connectivity index (χ4n) is 3.28. The molecule has 2 aromatic carbocycles. The minimum absolute atomic E-state index is 0.104. The van der Waals surface area contributed by atoms with Crippen LogP contribution >= 0.6 is 0 Å². The SMILES string of the molecule is CC(=O)C1=C(C)OC(=N)C(C#N)C1c1cccc2ccccc12. The average Bonchev–Trinajstić information content (AvgIpc) is 2.53. The van der Waals surface area contributed by atoms with Crippen molar-refractivity contribution < 1.29 is 9.53 Å². The Morgan fingerprint density at radius 1 is 1.22 bits per heavy atom. The lowest BCUT2D eigenvalue weighted by Crippen LogP contribution is -2.31. The number of nitriles is 1. The number of rotatable bonds is 2. The molecular formula is C19H16N2O2. The van der Waals surface area contributed by atoms with E-state index in [1.807, 2.05) is 42.5 Å². The predicted octanol–water partition coefficient (Wildman–Crippen LogP) is 3.93. The molecule has 0 aromatic heterocycles. The summed E-state index contributed by atoms with van der Waals surface area (Å²) in [6.07, 6.45) is 0. The van der Waals surface area contributed by atoms with Crippen molar-refractivity contribution in [3.05, 3.63) is 59.4 Å². The van der Waals surface area contributed by atoms with Crippen molar-refractivity contribution in [2.24, 2.45) is 5.92 Å². The van der Waals surface area contributed by atoms with Crippen molar-refractivity contribution >= 4 is 22.5 Å². The van der Waals surface area contributed by atoms with E-state index in [9.17, 15) is 10.1 Å². The molecule has 0 spiro atoms. The smallest absolute Gasteiger partial charge is 0.205 e. The molecule has 0 radical (unpaired) electrons. The van der Waals surface area contributed by atoms with Gasteiger partial charge in [0.2, 0.25) is 5.90 Å². The van der Waals surface area contributed by atoms with E-state index in [0.29, 0.717) is 11.3 Å². The highest BCUT2D eigenvalue weighted by atomic mass is 16.5. The van der Waals surface area contributed by atoms with E-state index < -0.39 is 11.8 Å². The Bertz CT molecular complexity index is 884. The molecule has 0 saturated carbocycles. The molecule has 4 nitrogen and oxygen atoms in total. The van der Waals surface area contributed by atoms with Gasteiger partial charge in [-0.15, -0.1) is 0 Å². The first-order chi connectivity index (χ1) is 11.0. The lowest BCUT2D eigenvalue weighted by atomic mass is 9.76. The Kier molecular flexibility index (Phi) is 3.71. The van der Waals surface area contributed by atoms with Gasteiger partial charge in [-0.05, 0) is 30.2 Å². The van der Waals surface area contributed by atoms with Gasteiger partial charge in [-0.1, -0.05) is 42.5 Å². The van der Waals surface area contributed by atoms with Crippen LogP contribution in [-0.2, 0) is 9.53 Å². The van der Waals surface area contributed by atoms with Crippen molar-refractivity contribution in [2.75, 3.05) is 0 Å². The van der Waals surface area contributed by atoms with Crippen LogP contribution in [0, 0.1) is 22.7 Å². The van der Waals surface area contributed by atoms with E-state index in [1.54, 1.807) is 6.92 Å². The third kappa shape index (κ3) is 2.40. The number of carbonyl (C=O) groups is 1. The Balaban J connectivity index is 2.32. The van der Waals surface area contributed by atoms with Crippen LogP contribution in [0.3, 0.4) is 0 Å². The first kappa shape index (κ1) is 15.0. The minimum Gasteiger partial charge on any atom is -0.446 e. The van der Waals surface area contributed by atoms with Crippen LogP contribution in [0.15, 0.2) is 53.8 Å². The molecule has 1 aliphatic heterocycles. The van der Waals surface area contributed by atoms with Crippen LogP contribution < -0.4 is 0 Å².